The summed E-state index contributed by atoms with van der Waals surface area (Å²) in [5.41, 5.74) is 0.999. The van der Waals surface area contributed by atoms with Crippen LogP contribution in [0.1, 0.15) is 23.7 Å². The number of fused-ring (bicyclic) bond motifs is 1. The van der Waals surface area contributed by atoms with Crippen LogP contribution in [0.25, 0.3) is 10.9 Å². The molecule has 0 amide bonds. The lowest BCUT2D eigenvalue weighted by molar-refractivity contribution is 0.102. The van der Waals surface area contributed by atoms with Gasteiger partial charge < -0.3 is 4.74 Å². The Hall–Kier alpha value is -2.15. The van der Waals surface area contributed by atoms with Gasteiger partial charge in [0.1, 0.15) is 0 Å². The van der Waals surface area contributed by atoms with Crippen LogP contribution in [0.5, 0.6) is 0 Å². The number of benzene rings is 2. The van der Waals surface area contributed by atoms with Gasteiger partial charge in [0.2, 0.25) is 0 Å². The number of halogens is 1. The highest BCUT2D eigenvalue weighted by atomic mass is 35.5. The second kappa shape index (κ2) is 9.87. The summed E-state index contributed by atoms with van der Waals surface area (Å²) in [6, 6.07) is 14.2. The van der Waals surface area contributed by atoms with Gasteiger partial charge in [0.25, 0.3) is 5.56 Å². The molecule has 28 heavy (non-hydrogen) atoms. The number of carbonyl (C=O) groups is 1. The molecule has 3 rings (SSSR count). The molecule has 0 aliphatic carbocycles. The molecule has 146 valence electrons. The number of hydrogen-bond donors (Lipinski definition) is 0. The molecule has 0 unspecified atom stereocenters. The van der Waals surface area contributed by atoms with Crippen molar-refractivity contribution in [2.24, 2.45) is 0 Å². The second-order valence-electron chi connectivity index (χ2n) is 6.11. The van der Waals surface area contributed by atoms with E-state index in [1.54, 1.807) is 41.0 Å². The van der Waals surface area contributed by atoms with Crippen molar-refractivity contribution >= 4 is 40.0 Å². The molecule has 0 spiro atoms. The maximum absolute atomic E-state index is 12.9. The molecule has 7 heteroatoms. The van der Waals surface area contributed by atoms with Crippen LogP contribution >= 0.6 is 23.4 Å². The van der Waals surface area contributed by atoms with Crippen molar-refractivity contribution in [2.45, 2.75) is 25.0 Å². The molecule has 2 aromatic carbocycles. The Kier molecular flexibility index (Phi) is 7.25. The van der Waals surface area contributed by atoms with Crippen LogP contribution in [-0.4, -0.2) is 34.3 Å². The summed E-state index contributed by atoms with van der Waals surface area (Å²) in [6.07, 6.45) is 0.694. The Morgan fingerprint density at radius 1 is 1.18 bits per heavy atom. The minimum absolute atomic E-state index is 0.0983. The number of Topliss-reactive ketones (excluding diaryl/α,β-unsaturated/α-hetero) is 1. The average molecular weight is 417 g/mol. The fourth-order valence-corrected chi connectivity index (χ4v) is 3.97. The molecule has 0 fully saturated rings. The number of rotatable bonds is 9. The van der Waals surface area contributed by atoms with E-state index >= 15 is 0 Å². The molecule has 0 aliphatic rings. The van der Waals surface area contributed by atoms with Crippen LogP contribution in [0.3, 0.4) is 0 Å². The first-order valence-electron chi connectivity index (χ1n) is 9.09. The third kappa shape index (κ3) is 4.82. The number of hydrogen-bond acceptors (Lipinski definition) is 5. The molecule has 0 saturated heterocycles. The zero-order valence-corrected chi connectivity index (χ0v) is 17.1. The molecule has 0 bridgehead atoms. The lowest BCUT2D eigenvalue weighted by atomic mass is 10.1. The van der Waals surface area contributed by atoms with Crippen molar-refractivity contribution in [2.75, 3.05) is 19.0 Å². The summed E-state index contributed by atoms with van der Waals surface area (Å²) in [5, 5.41) is 1.52. The molecule has 0 radical (unpaired) electrons. The smallest absolute Gasteiger partial charge is 0.262 e. The largest absolute Gasteiger partial charge is 0.382 e. The van der Waals surface area contributed by atoms with Crippen molar-refractivity contribution < 1.29 is 9.53 Å². The molecular formula is C21H21ClN2O3S. The van der Waals surface area contributed by atoms with E-state index in [2.05, 4.69) is 4.98 Å². The SMILES string of the molecule is CCOCCCn1c(SCC(=O)c2ccccc2Cl)nc2ccccc2c1=O. The summed E-state index contributed by atoms with van der Waals surface area (Å²) >= 11 is 7.37. The molecule has 0 saturated carbocycles. The number of carbonyl (C=O) groups excluding carboxylic acids is 1. The monoisotopic (exact) mass is 416 g/mol. The number of ether oxygens (including phenoxy) is 1. The highest BCUT2D eigenvalue weighted by Crippen LogP contribution is 2.22. The number of aromatic nitrogens is 2. The number of para-hydroxylation sites is 1. The quantitative estimate of drug-likeness (QED) is 0.223. The van der Waals surface area contributed by atoms with Gasteiger partial charge in [0, 0.05) is 25.3 Å². The molecular weight excluding hydrogens is 396 g/mol. The average Bonchev–Trinajstić information content (AvgIpc) is 2.71. The molecule has 1 heterocycles. The minimum Gasteiger partial charge on any atom is -0.382 e. The normalized spacial score (nSPS) is 11.1. The van der Waals surface area contributed by atoms with Gasteiger partial charge >= 0.3 is 0 Å². The van der Waals surface area contributed by atoms with Gasteiger partial charge in [0.05, 0.1) is 21.7 Å². The van der Waals surface area contributed by atoms with Crippen LogP contribution < -0.4 is 5.56 Å². The van der Waals surface area contributed by atoms with E-state index in [-0.39, 0.29) is 17.1 Å². The van der Waals surface area contributed by atoms with Gasteiger partial charge in [-0.1, -0.05) is 47.6 Å². The second-order valence-corrected chi connectivity index (χ2v) is 7.46. The zero-order valence-electron chi connectivity index (χ0n) is 15.6. The van der Waals surface area contributed by atoms with Crippen LogP contribution in [0, 0.1) is 0 Å². The summed E-state index contributed by atoms with van der Waals surface area (Å²) in [7, 11) is 0. The molecule has 5 nitrogen and oxygen atoms in total. The predicted molar refractivity (Wildman–Crippen MR) is 114 cm³/mol. The van der Waals surface area contributed by atoms with Gasteiger partial charge in [0.15, 0.2) is 10.9 Å². The Morgan fingerprint density at radius 3 is 2.71 bits per heavy atom. The molecule has 3 aromatic rings. The lowest BCUT2D eigenvalue weighted by Gasteiger charge is -2.13. The maximum atomic E-state index is 12.9. The van der Waals surface area contributed by atoms with Crippen molar-refractivity contribution in [1.29, 1.82) is 0 Å². The number of ketones is 1. The number of nitrogens with zero attached hydrogens (tertiary/aromatic N) is 2. The van der Waals surface area contributed by atoms with E-state index in [1.165, 1.54) is 11.8 Å². The van der Waals surface area contributed by atoms with E-state index < -0.39 is 0 Å². The van der Waals surface area contributed by atoms with Crippen LogP contribution in [0.2, 0.25) is 5.02 Å². The van der Waals surface area contributed by atoms with Gasteiger partial charge in [-0.2, -0.15) is 0 Å². The third-order valence-electron chi connectivity index (χ3n) is 4.21. The first kappa shape index (κ1) is 20.6. The molecule has 0 aliphatic heterocycles. The van der Waals surface area contributed by atoms with E-state index in [1.807, 2.05) is 19.1 Å². The van der Waals surface area contributed by atoms with Gasteiger partial charge in [-0.3, -0.25) is 14.2 Å². The third-order valence-corrected chi connectivity index (χ3v) is 5.51. The van der Waals surface area contributed by atoms with Gasteiger partial charge in [-0.05, 0) is 37.6 Å². The zero-order chi connectivity index (χ0) is 19.9. The Balaban J connectivity index is 1.86. The molecule has 0 atom stereocenters. The van der Waals surface area contributed by atoms with Crippen molar-refractivity contribution in [3.63, 3.8) is 0 Å². The predicted octanol–water partition coefficient (Wildman–Crippen LogP) is 4.45. The van der Waals surface area contributed by atoms with Gasteiger partial charge in [-0.25, -0.2) is 4.98 Å². The fourth-order valence-electron chi connectivity index (χ4n) is 2.82. The standard InChI is InChI=1S/C21H21ClN2O3S/c1-2-27-13-7-12-24-20(26)16-9-4-6-11-18(16)23-21(24)28-14-19(25)15-8-3-5-10-17(15)22/h3-6,8-11H,2,7,12-14H2,1H3. The summed E-state index contributed by atoms with van der Waals surface area (Å²) in [5.74, 6) is 0.0545. The van der Waals surface area contributed by atoms with E-state index in [0.717, 1.165) is 0 Å². The summed E-state index contributed by atoms with van der Waals surface area (Å²) in [6.45, 7) is 3.63. The Bertz CT molecular complexity index is 1040. The van der Waals surface area contributed by atoms with E-state index in [4.69, 9.17) is 16.3 Å². The lowest BCUT2D eigenvalue weighted by Crippen LogP contribution is -2.24. The topological polar surface area (TPSA) is 61.2 Å². The van der Waals surface area contributed by atoms with Crippen molar-refractivity contribution in [1.82, 2.24) is 9.55 Å². The van der Waals surface area contributed by atoms with Gasteiger partial charge in [-0.15, -0.1) is 0 Å². The summed E-state index contributed by atoms with van der Waals surface area (Å²) < 4.78 is 7.01. The Morgan fingerprint density at radius 2 is 1.93 bits per heavy atom. The van der Waals surface area contributed by atoms with E-state index in [9.17, 15) is 9.59 Å². The van der Waals surface area contributed by atoms with Crippen LogP contribution in [-0.2, 0) is 11.3 Å². The molecule has 0 N–H and O–H groups in total. The summed E-state index contributed by atoms with van der Waals surface area (Å²) in [4.78, 5) is 30.1. The highest BCUT2D eigenvalue weighted by Gasteiger charge is 2.15. The minimum atomic E-state index is -0.102. The number of thioether (sulfide) groups is 1. The van der Waals surface area contributed by atoms with E-state index in [0.29, 0.717) is 52.8 Å². The first-order chi connectivity index (χ1) is 13.6. The Labute approximate surface area is 172 Å². The fraction of sp³-hybridized carbons (Fsp3) is 0.286. The maximum Gasteiger partial charge on any atom is 0.262 e. The van der Waals surface area contributed by atoms with Crippen LogP contribution in [0.4, 0.5) is 0 Å². The van der Waals surface area contributed by atoms with Crippen molar-refractivity contribution in [3.05, 3.63) is 69.5 Å². The first-order valence-corrected chi connectivity index (χ1v) is 10.5. The molecule has 1 aromatic heterocycles. The highest BCUT2D eigenvalue weighted by molar-refractivity contribution is 7.99. The van der Waals surface area contributed by atoms with Crippen LogP contribution in [0.15, 0.2) is 58.5 Å². The van der Waals surface area contributed by atoms with Crippen molar-refractivity contribution in [3.8, 4) is 0 Å².